The molecule has 0 amide bonds. The Morgan fingerprint density at radius 1 is 0.630 bits per heavy atom. The number of aliphatic hydroxyl groups is 8. The monoisotopic (exact) mass is 636 g/mol. The van der Waals surface area contributed by atoms with Gasteiger partial charge in [0.25, 0.3) is 0 Å². The van der Waals surface area contributed by atoms with Crippen LogP contribution >= 0.6 is 0 Å². The maximum absolute atomic E-state index is 10.4. The van der Waals surface area contributed by atoms with Crippen LogP contribution in [0.5, 0.6) is 0 Å². The Labute approximate surface area is 267 Å². The van der Waals surface area contributed by atoms with Crippen molar-refractivity contribution in [2.45, 2.75) is 67.1 Å². The second kappa shape index (κ2) is 13.7. The fourth-order valence-corrected chi connectivity index (χ4v) is 6.62. The van der Waals surface area contributed by atoms with Gasteiger partial charge in [-0.25, -0.2) is 0 Å². The highest BCUT2D eigenvalue weighted by Crippen LogP contribution is 2.47. The number of nitrogens with zero attached hydrogens (tertiary/aromatic N) is 2. The van der Waals surface area contributed by atoms with Gasteiger partial charge in [-0.05, 0) is 53.6 Å². The van der Waals surface area contributed by atoms with E-state index in [0.717, 1.165) is 48.4 Å². The number of likely N-dealkylation sites (N-methyl/N-ethyl adjacent to an activating group) is 1. The molecule has 0 saturated carbocycles. The van der Waals surface area contributed by atoms with E-state index in [9.17, 15) is 40.9 Å². The van der Waals surface area contributed by atoms with E-state index in [-0.39, 0.29) is 6.04 Å². The zero-order valence-electron chi connectivity index (χ0n) is 25.3. The molecule has 3 aliphatic heterocycles. The maximum atomic E-state index is 10.4. The number of ether oxygens (including phenoxy) is 2. The third-order valence-electron chi connectivity index (χ3n) is 9.39. The van der Waals surface area contributed by atoms with Crippen LogP contribution in [0.4, 0.5) is 0 Å². The molecule has 0 unspecified atom stereocenters. The third-order valence-corrected chi connectivity index (χ3v) is 9.39. The lowest BCUT2D eigenvalue weighted by Crippen LogP contribution is -2.58. The van der Waals surface area contributed by atoms with Crippen molar-refractivity contribution in [2.75, 3.05) is 46.4 Å². The highest BCUT2D eigenvalue weighted by atomic mass is 16.5. The molecule has 10 atom stereocenters. The summed E-state index contributed by atoms with van der Waals surface area (Å²) in [6.45, 7) is 2.41. The minimum atomic E-state index is -1.50. The molecule has 2 aromatic rings. The van der Waals surface area contributed by atoms with E-state index in [0.29, 0.717) is 11.1 Å². The van der Waals surface area contributed by atoms with Crippen LogP contribution in [0.3, 0.4) is 0 Å². The summed E-state index contributed by atoms with van der Waals surface area (Å²) in [4.78, 5) is 4.69. The van der Waals surface area contributed by atoms with Crippen LogP contribution in [0.25, 0.3) is 11.1 Å². The van der Waals surface area contributed by atoms with E-state index in [4.69, 9.17) is 9.47 Å². The highest BCUT2D eigenvalue weighted by Gasteiger charge is 2.44. The molecule has 0 spiro atoms. The molecule has 46 heavy (non-hydrogen) atoms. The quantitative estimate of drug-likeness (QED) is 0.165. The van der Waals surface area contributed by atoms with E-state index in [1.807, 2.05) is 36.4 Å². The average molecular weight is 637 g/mol. The molecule has 4 aliphatic rings. The van der Waals surface area contributed by atoms with Gasteiger partial charge in [-0.3, -0.25) is 4.90 Å². The lowest BCUT2D eigenvalue weighted by molar-refractivity contribution is -0.214. The normalized spacial score (nSPS) is 35.0. The SMILES string of the molecule is CN1CCN(C2c3cc(C#C[C@H]4O[C@H](CO)[C@@H](O)[C@H](O)[C@@H]4O)ccc3-c3ccc(C#C[C@H]4O[C@H](CO)[C@@H](O)[C@H](O)[C@@H]4O)cc32)CC1. The smallest absolute Gasteiger partial charge is 0.147 e. The van der Waals surface area contributed by atoms with Gasteiger partial charge in [0.1, 0.15) is 61.0 Å². The summed E-state index contributed by atoms with van der Waals surface area (Å²) in [5.41, 5.74) is 5.55. The van der Waals surface area contributed by atoms with Crippen LogP contribution in [0.15, 0.2) is 36.4 Å². The van der Waals surface area contributed by atoms with Crippen molar-refractivity contribution in [1.29, 1.82) is 0 Å². The van der Waals surface area contributed by atoms with Crippen LogP contribution < -0.4 is 0 Å². The molecular weight excluding hydrogens is 596 g/mol. The van der Waals surface area contributed by atoms with Gasteiger partial charge in [0, 0.05) is 37.3 Å². The number of piperazine rings is 1. The average Bonchev–Trinajstić information content (AvgIpc) is 3.38. The molecule has 8 N–H and O–H groups in total. The summed E-state index contributed by atoms with van der Waals surface area (Å²) in [7, 11) is 2.09. The van der Waals surface area contributed by atoms with Crippen molar-refractivity contribution in [3.63, 3.8) is 0 Å². The Balaban J connectivity index is 1.31. The van der Waals surface area contributed by atoms with Gasteiger partial charge in [-0.1, -0.05) is 35.8 Å². The lowest BCUT2D eigenvalue weighted by Gasteiger charge is -2.38. The van der Waals surface area contributed by atoms with E-state index in [2.05, 4.69) is 40.5 Å². The summed E-state index contributed by atoms with van der Waals surface area (Å²) in [5.74, 6) is 11.8. The first-order valence-electron chi connectivity index (χ1n) is 15.5. The van der Waals surface area contributed by atoms with Crippen molar-refractivity contribution in [3.8, 4) is 34.8 Å². The number of hydrogen-bond acceptors (Lipinski definition) is 12. The molecule has 0 radical (unpaired) electrons. The first-order chi connectivity index (χ1) is 22.1. The number of hydrogen-bond donors (Lipinski definition) is 8. The van der Waals surface area contributed by atoms with Gasteiger partial charge in [0.15, 0.2) is 0 Å². The minimum Gasteiger partial charge on any atom is -0.394 e. The summed E-state index contributed by atoms with van der Waals surface area (Å²) in [6.07, 6.45) is -13.1. The van der Waals surface area contributed by atoms with Crippen LogP contribution in [0.2, 0.25) is 0 Å². The molecule has 0 aromatic heterocycles. The van der Waals surface area contributed by atoms with Gasteiger partial charge in [0.05, 0.1) is 19.3 Å². The molecule has 3 fully saturated rings. The van der Waals surface area contributed by atoms with E-state index in [1.54, 1.807) is 0 Å². The second-order valence-corrected chi connectivity index (χ2v) is 12.4. The van der Waals surface area contributed by atoms with Gasteiger partial charge < -0.3 is 55.2 Å². The number of fused-ring (bicyclic) bond motifs is 3. The lowest BCUT2D eigenvalue weighted by atomic mass is 9.95. The molecule has 2 aromatic carbocycles. The highest BCUT2D eigenvalue weighted by molar-refractivity contribution is 5.80. The number of aliphatic hydroxyl groups excluding tert-OH is 8. The summed E-state index contributed by atoms with van der Waals surface area (Å²) < 4.78 is 11.1. The Hall–Kier alpha value is -2.92. The molecule has 3 saturated heterocycles. The van der Waals surface area contributed by atoms with Crippen molar-refractivity contribution in [2.24, 2.45) is 0 Å². The molecule has 3 heterocycles. The van der Waals surface area contributed by atoms with E-state index < -0.39 is 74.3 Å². The van der Waals surface area contributed by atoms with Crippen LogP contribution in [-0.4, -0.2) is 158 Å². The standard InChI is InChI=1S/C34H40N2O10/c1-35-10-12-36(13-11-35)28-22-14-18(4-8-24-29(39)33(43)31(41)26(16-37)45-24)2-6-20(22)21-7-3-19(15-23(21)28)5-9-25-30(40)34(44)32(42)27(17-38)46-25/h2-3,6-7,14-15,24-34,37-44H,10-13,16-17H2,1H3/t24-,25-,26-,27-,29-,30-,31-,32-,33-,34-/m1/s1. The Morgan fingerprint density at radius 2 is 1.07 bits per heavy atom. The van der Waals surface area contributed by atoms with Crippen LogP contribution in [-0.2, 0) is 9.47 Å². The van der Waals surface area contributed by atoms with Gasteiger partial charge >= 0.3 is 0 Å². The molecule has 12 heteroatoms. The predicted molar refractivity (Wildman–Crippen MR) is 164 cm³/mol. The van der Waals surface area contributed by atoms with E-state index in [1.165, 1.54) is 0 Å². The Morgan fingerprint density at radius 3 is 1.48 bits per heavy atom. The minimum absolute atomic E-state index is 0.0956. The third kappa shape index (κ3) is 6.21. The van der Waals surface area contributed by atoms with Crippen LogP contribution in [0.1, 0.15) is 28.3 Å². The summed E-state index contributed by atoms with van der Waals surface area (Å²) in [5, 5.41) is 80.4. The molecule has 12 nitrogen and oxygen atoms in total. The summed E-state index contributed by atoms with van der Waals surface area (Å²) in [6, 6.07) is 11.7. The van der Waals surface area contributed by atoms with Gasteiger partial charge in [-0.2, -0.15) is 0 Å². The molecule has 1 aliphatic carbocycles. The van der Waals surface area contributed by atoms with E-state index >= 15 is 0 Å². The predicted octanol–water partition coefficient (Wildman–Crippen LogP) is -2.61. The Kier molecular flexibility index (Phi) is 9.80. The first kappa shape index (κ1) is 33.0. The van der Waals surface area contributed by atoms with Crippen molar-refractivity contribution < 1.29 is 50.3 Å². The Bertz CT molecular complexity index is 1430. The topological polar surface area (TPSA) is 187 Å². The fourth-order valence-electron chi connectivity index (χ4n) is 6.62. The largest absolute Gasteiger partial charge is 0.394 e. The first-order valence-corrected chi connectivity index (χ1v) is 15.5. The molecule has 0 bridgehead atoms. The van der Waals surface area contributed by atoms with Crippen molar-refractivity contribution in [3.05, 3.63) is 58.7 Å². The van der Waals surface area contributed by atoms with Crippen molar-refractivity contribution >= 4 is 0 Å². The zero-order chi connectivity index (χ0) is 32.7. The number of benzene rings is 2. The van der Waals surface area contributed by atoms with Gasteiger partial charge in [-0.15, -0.1) is 0 Å². The maximum Gasteiger partial charge on any atom is 0.147 e. The summed E-state index contributed by atoms with van der Waals surface area (Å²) >= 11 is 0. The zero-order valence-corrected chi connectivity index (χ0v) is 25.3. The second-order valence-electron chi connectivity index (χ2n) is 12.4. The number of rotatable bonds is 3. The van der Waals surface area contributed by atoms with Crippen LogP contribution in [0, 0.1) is 23.7 Å². The molecule has 6 rings (SSSR count). The van der Waals surface area contributed by atoms with Gasteiger partial charge in [0.2, 0.25) is 0 Å². The fraction of sp³-hybridized carbons (Fsp3) is 0.529. The molecular formula is C34H40N2O10. The van der Waals surface area contributed by atoms with Crippen molar-refractivity contribution in [1.82, 2.24) is 9.80 Å². The molecule has 246 valence electrons.